The van der Waals surface area contributed by atoms with E-state index in [-0.39, 0.29) is 17.9 Å². The summed E-state index contributed by atoms with van der Waals surface area (Å²) in [5, 5.41) is 2.19. The van der Waals surface area contributed by atoms with E-state index in [1.165, 1.54) is 33.5 Å². The second kappa shape index (κ2) is 8.47. The van der Waals surface area contributed by atoms with Crippen LogP contribution in [0.5, 0.6) is 17.2 Å². The molecule has 1 rings (SSSR count). The molecule has 1 aromatic rings. The number of nitrogens with two attached hydrogens (primary N) is 1. The van der Waals surface area contributed by atoms with Crippen molar-refractivity contribution in [1.82, 2.24) is 5.32 Å². The number of rotatable bonds is 8. The van der Waals surface area contributed by atoms with Gasteiger partial charge < -0.3 is 30.0 Å². The van der Waals surface area contributed by atoms with Crippen molar-refractivity contribution in [2.45, 2.75) is 0 Å². The molecule has 0 aliphatic carbocycles. The van der Waals surface area contributed by atoms with E-state index >= 15 is 0 Å². The number of hydrogen-bond donors (Lipinski definition) is 2. The Bertz CT molecular complexity index is 601. The molecule has 9 nitrogen and oxygen atoms in total. The number of amides is 2. The normalized spacial score (nSPS) is 9.70. The number of hydrogen-bond acceptors (Lipinski definition) is 7. The van der Waals surface area contributed by atoms with Crippen molar-refractivity contribution in [2.24, 2.45) is 5.73 Å². The highest BCUT2D eigenvalue weighted by molar-refractivity contribution is 5.95. The summed E-state index contributed by atoms with van der Waals surface area (Å²) in [7, 11) is 4.23. The average Bonchev–Trinajstić information content (AvgIpc) is 2.56. The van der Waals surface area contributed by atoms with Gasteiger partial charge in [-0.3, -0.25) is 9.59 Å². The minimum atomic E-state index is -0.794. The van der Waals surface area contributed by atoms with E-state index in [4.69, 9.17) is 24.7 Å². The minimum absolute atomic E-state index is 0.0628. The molecule has 23 heavy (non-hydrogen) atoms. The molecule has 3 N–H and O–H groups in total. The van der Waals surface area contributed by atoms with Crippen molar-refractivity contribution in [3.05, 3.63) is 17.7 Å². The first-order valence-electron chi connectivity index (χ1n) is 6.45. The molecule has 0 bridgehead atoms. The van der Waals surface area contributed by atoms with Crippen LogP contribution in [0.1, 0.15) is 10.4 Å². The Labute approximate surface area is 132 Å². The molecule has 0 spiro atoms. The van der Waals surface area contributed by atoms with E-state index < -0.39 is 24.4 Å². The smallest absolute Gasteiger partial charge is 0.342 e. The molecule has 0 saturated heterocycles. The van der Waals surface area contributed by atoms with Gasteiger partial charge in [0.1, 0.15) is 11.3 Å². The second-order valence-electron chi connectivity index (χ2n) is 4.23. The van der Waals surface area contributed by atoms with Crippen LogP contribution in [0.25, 0.3) is 0 Å². The van der Waals surface area contributed by atoms with Crippen molar-refractivity contribution in [1.29, 1.82) is 0 Å². The first kappa shape index (κ1) is 18.1. The summed E-state index contributed by atoms with van der Waals surface area (Å²) in [5.74, 6) is -1.27. The van der Waals surface area contributed by atoms with Gasteiger partial charge in [-0.05, 0) is 0 Å². The Morgan fingerprint density at radius 1 is 1.00 bits per heavy atom. The first-order chi connectivity index (χ1) is 10.9. The molecule has 126 valence electrons. The van der Waals surface area contributed by atoms with E-state index in [0.717, 1.165) is 0 Å². The Morgan fingerprint density at radius 2 is 1.57 bits per heavy atom. The summed E-state index contributed by atoms with van der Waals surface area (Å²) < 4.78 is 20.2. The Kier molecular flexibility index (Phi) is 6.66. The molecule has 9 heteroatoms. The van der Waals surface area contributed by atoms with Crippen LogP contribution in [0.15, 0.2) is 12.1 Å². The van der Waals surface area contributed by atoms with Gasteiger partial charge in [-0.15, -0.1) is 0 Å². The first-order valence-corrected chi connectivity index (χ1v) is 6.45. The molecule has 0 unspecified atom stereocenters. The number of nitrogens with one attached hydrogen (secondary N) is 1. The van der Waals surface area contributed by atoms with Crippen LogP contribution in [0, 0.1) is 0 Å². The maximum absolute atomic E-state index is 12.1. The lowest BCUT2D eigenvalue weighted by atomic mass is 10.1. The van der Waals surface area contributed by atoms with Gasteiger partial charge >= 0.3 is 5.97 Å². The fourth-order valence-electron chi connectivity index (χ4n) is 1.63. The zero-order valence-electron chi connectivity index (χ0n) is 13.0. The molecule has 0 fully saturated rings. The molecule has 0 aliphatic rings. The van der Waals surface area contributed by atoms with Crippen molar-refractivity contribution in [3.8, 4) is 17.2 Å². The summed E-state index contributed by atoms with van der Waals surface area (Å²) >= 11 is 0. The lowest BCUT2D eigenvalue weighted by Crippen LogP contribution is -2.36. The van der Waals surface area contributed by atoms with Gasteiger partial charge in [0.25, 0.3) is 5.91 Å². The quantitative estimate of drug-likeness (QED) is 0.615. The zero-order valence-corrected chi connectivity index (χ0v) is 13.0. The Morgan fingerprint density at radius 3 is 2.09 bits per heavy atom. The Hall–Kier alpha value is -2.97. The molecule has 0 radical (unpaired) electrons. The minimum Gasteiger partial charge on any atom is -0.496 e. The van der Waals surface area contributed by atoms with Crippen LogP contribution in [-0.4, -0.2) is 52.3 Å². The van der Waals surface area contributed by atoms with Crippen molar-refractivity contribution in [3.63, 3.8) is 0 Å². The number of ether oxygens (including phenoxy) is 4. The van der Waals surface area contributed by atoms with E-state index in [9.17, 15) is 14.4 Å². The third-order valence-electron chi connectivity index (χ3n) is 2.72. The summed E-state index contributed by atoms with van der Waals surface area (Å²) in [4.78, 5) is 34.0. The van der Waals surface area contributed by atoms with Gasteiger partial charge in [0.2, 0.25) is 5.91 Å². The number of primary amides is 1. The number of carbonyl (C=O) groups excluding carboxylic acids is 3. The topological polar surface area (TPSA) is 126 Å². The molecular weight excluding hydrogens is 308 g/mol. The molecule has 0 saturated carbocycles. The van der Waals surface area contributed by atoms with E-state index in [0.29, 0.717) is 11.5 Å². The predicted octanol–water partition coefficient (Wildman–Crippen LogP) is -0.529. The van der Waals surface area contributed by atoms with Gasteiger partial charge in [0, 0.05) is 12.1 Å². The number of esters is 1. The number of benzene rings is 1. The Balaban J connectivity index is 2.82. The van der Waals surface area contributed by atoms with Crippen LogP contribution < -0.4 is 25.3 Å². The SMILES string of the molecule is COc1cc(OC)c(C(=O)OCC(=O)NCC(N)=O)cc1OC. The van der Waals surface area contributed by atoms with Gasteiger partial charge in [-0.2, -0.15) is 0 Å². The maximum Gasteiger partial charge on any atom is 0.342 e. The molecule has 0 aliphatic heterocycles. The lowest BCUT2D eigenvalue weighted by molar-refractivity contribution is -0.127. The van der Waals surface area contributed by atoms with E-state index in [2.05, 4.69) is 5.32 Å². The zero-order chi connectivity index (χ0) is 17.4. The molecular formula is C14H18N2O7. The van der Waals surface area contributed by atoms with Crippen molar-refractivity contribution >= 4 is 17.8 Å². The standard InChI is InChI=1S/C14H18N2O7/c1-20-9-5-11(22-3)10(21-2)4-8(9)14(19)23-7-13(18)16-6-12(15)17/h4-5H,6-7H2,1-3H3,(H2,15,17)(H,16,18). The molecule has 0 atom stereocenters. The highest BCUT2D eigenvalue weighted by Crippen LogP contribution is 2.34. The summed E-state index contributed by atoms with van der Waals surface area (Å²) in [6.07, 6.45) is 0. The van der Waals surface area contributed by atoms with Crippen molar-refractivity contribution in [2.75, 3.05) is 34.5 Å². The molecule has 1 aromatic carbocycles. The van der Waals surface area contributed by atoms with Crippen molar-refractivity contribution < 1.29 is 33.3 Å². The van der Waals surface area contributed by atoms with Crippen LogP contribution in [0.4, 0.5) is 0 Å². The van der Waals surface area contributed by atoms with Crippen LogP contribution in [-0.2, 0) is 14.3 Å². The molecule has 2 amide bonds. The van der Waals surface area contributed by atoms with Crippen LogP contribution in [0.2, 0.25) is 0 Å². The number of methoxy groups -OCH3 is 3. The molecule has 0 aromatic heterocycles. The third-order valence-corrected chi connectivity index (χ3v) is 2.72. The fraction of sp³-hybridized carbons (Fsp3) is 0.357. The van der Waals surface area contributed by atoms with Gasteiger partial charge in [0.15, 0.2) is 18.1 Å². The van der Waals surface area contributed by atoms with Gasteiger partial charge in [0.05, 0.1) is 27.9 Å². The fourth-order valence-corrected chi connectivity index (χ4v) is 1.63. The summed E-state index contributed by atoms with van der Waals surface area (Å²) in [5.41, 5.74) is 4.94. The van der Waals surface area contributed by atoms with Crippen LogP contribution in [0.3, 0.4) is 0 Å². The highest BCUT2D eigenvalue weighted by atomic mass is 16.5. The molecule has 0 heterocycles. The monoisotopic (exact) mass is 326 g/mol. The van der Waals surface area contributed by atoms with E-state index in [1.807, 2.05) is 0 Å². The third kappa shape index (κ3) is 5.06. The predicted molar refractivity (Wildman–Crippen MR) is 78.6 cm³/mol. The lowest BCUT2D eigenvalue weighted by Gasteiger charge is -2.13. The largest absolute Gasteiger partial charge is 0.496 e. The van der Waals surface area contributed by atoms with Gasteiger partial charge in [-0.25, -0.2) is 4.79 Å². The van der Waals surface area contributed by atoms with E-state index in [1.54, 1.807) is 0 Å². The highest BCUT2D eigenvalue weighted by Gasteiger charge is 2.19. The number of carbonyl (C=O) groups is 3. The summed E-state index contributed by atoms with van der Waals surface area (Å²) in [6, 6.07) is 2.84. The van der Waals surface area contributed by atoms with Gasteiger partial charge in [-0.1, -0.05) is 0 Å². The second-order valence-corrected chi connectivity index (χ2v) is 4.23. The van der Waals surface area contributed by atoms with Crippen LogP contribution >= 0.6 is 0 Å². The average molecular weight is 326 g/mol. The maximum atomic E-state index is 12.1. The summed E-state index contributed by atoms with van der Waals surface area (Å²) in [6.45, 7) is -0.903.